The Balaban J connectivity index is 1.80. The van der Waals surface area contributed by atoms with Gasteiger partial charge in [-0.2, -0.15) is 13.2 Å². The molecule has 0 bridgehead atoms. The molecule has 0 aromatic heterocycles. The predicted molar refractivity (Wildman–Crippen MR) is 105 cm³/mol. The Hall–Kier alpha value is -2.45. The van der Waals surface area contributed by atoms with Gasteiger partial charge in [0.25, 0.3) is 5.91 Å². The molecule has 1 saturated heterocycles. The molecule has 1 aliphatic heterocycles. The highest BCUT2D eigenvalue weighted by Crippen LogP contribution is 2.36. The van der Waals surface area contributed by atoms with E-state index in [1.165, 1.54) is 13.0 Å². The van der Waals surface area contributed by atoms with Gasteiger partial charge >= 0.3 is 6.18 Å². The predicted octanol–water partition coefficient (Wildman–Crippen LogP) is 4.60. The Kier molecular flexibility index (Phi) is 6.54. The number of nitrogens with one attached hydrogen (secondary N) is 1. The van der Waals surface area contributed by atoms with Crippen LogP contribution in [0.25, 0.3) is 0 Å². The van der Waals surface area contributed by atoms with Gasteiger partial charge in [-0.1, -0.05) is 11.6 Å². The molecule has 0 radical (unpaired) electrons. The lowest BCUT2D eigenvalue weighted by molar-refractivity contribution is -0.137. The molecule has 1 heterocycles. The van der Waals surface area contributed by atoms with Crippen molar-refractivity contribution in [1.29, 1.82) is 0 Å². The molecule has 0 aliphatic carbocycles. The molecule has 9 heteroatoms. The summed E-state index contributed by atoms with van der Waals surface area (Å²) in [5.74, 6) is -0.136. The summed E-state index contributed by atoms with van der Waals surface area (Å²) >= 11 is 5.82. The van der Waals surface area contributed by atoms with E-state index in [-0.39, 0.29) is 5.69 Å². The first-order chi connectivity index (χ1) is 13.7. The number of hydrogen-bond acceptors (Lipinski definition) is 4. The van der Waals surface area contributed by atoms with Crippen LogP contribution in [0.1, 0.15) is 12.5 Å². The number of amides is 1. The fourth-order valence-corrected chi connectivity index (χ4v) is 3.02. The van der Waals surface area contributed by atoms with E-state index in [2.05, 4.69) is 5.32 Å². The van der Waals surface area contributed by atoms with Crippen molar-refractivity contribution < 1.29 is 27.4 Å². The fourth-order valence-electron chi connectivity index (χ4n) is 2.90. The molecule has 3 rings (SSSR count). The number of ether oxygens (including phenoxy) is 2. The highest BCUT2D eigenvalue weighted by molar-refractivity contribution is 6.30. The molecule has 0 saturated carbocycles. The van der Waals surface area contributed by atoms with Crippen LogP contribution < -0.4 is 15.0 Å². The molecule has 2 aromatic rings. The summed E-state index contributed by atoms with van der Waals surface area (Å²) in [6, 6.07) is 9.76. The fraction of sp³-hybridized carbons (Fsp3) is 0.350. The number of morpholine rings is 1. The van der Waals surface area contributed by atoms with Crippen molar-refractivity contribution in [3.8, 4) is 5.75 Å². The topological polar surface area (TPSA) is 50.8 Å². The Morgan fingerprint density at radius 2 is 1.83 bits per heavy atom. The molecule has 5 nitrogen and oxygen atoms in total. The van der Waals surface area contributed by atoms with Crippen LogP contribution in [0.3, 0.4) is 0 Å². The summed E-state index contributed by atoms with van der Waals surface area (Å²) in [7, 11) is 0. The van der Waals surface area contributed by atoms with Crippen LogP contribution in [-0.2, 0) is 15.7 Å². The van der Waals surface area contributed by atoms with Crippen molar-refractivity contribution in [2.24, 2.45) is 0 Å². The average Bonchev–Trinajstić information content (AvgIpc) is 2.69. The highest BCUT2D eigenvalue weighted by Gasteiger charge is 2.32. The number of benzene rings is 2. The molecule has 0 spiro atoms. The number of carbonyl (C=O) groups is 1. The molecule has 1 N–H and O–H groups in total. The van der Waals surface area contributed by atoms with Crippen molar-refractivity contribution in [2.75, 3.05) is 36.5 Å². The minimum Gasteiger partial charge on any atom is -0.481 e. The summed E-state index contributed by atoms with van der Waals surface area (Å²) in [5, 5.41) is 3.10. The average molecular weight is 429 g/mol. The van der Waals surface area contributed by atoms with Crippen LogP contribution >= 0.6 is 11.6 Å². The second-order valence-corrected chi connectivity index (χ2v) is 6.97. The van der Waals surface area contributed by atoms with Gasteiger partial charge in [-0.15, -0.1) is 0 Å². The third-order valence-electron chi connectivity index (χ3n) is 4.43. The minimum atomic E-state index is -4.52. The van der Waals surface area contributed by atoms with E-state index in [9.17, 15) is 18.0 Å². The molecule has 1 atom stereocenters. The molecule has 156 valence electrons. The van der Waals surface area contributed by atoms with Gasteiger partial charge in [0, 0.05) is 18.1 Å². The van der Waals surface area contributed by atoms with E-state index in [0.717, 1.165) is 12.1 Å². The van der Waals surface area contributed by atoms with Gasteiger partial charge in [0.15, 0.2) is 6.10 Å². The van der Waals surface area contributed by atoms with E-state index in [4.69, 9.17) is 21.1 Å². The smallest absolute Gasteiger partial charge is 0.416 e. The second kappa shape index (κ2) is 8.92. The van der Waals surface area contributed by atoms with Gasteiger partial charge in [-0.25, -0.2) is 0 Å². The van der Waals surface area contributed by atoms with Crippen molar-refractivity contribution in [1.82, 2.24) is 0 Å². The lowest BCUT2D eigenvalue weighted by atomic mass is 10.1. The van der Waals surface area contributed by atoms with Gasteiger partial charge in [0.2, 0.25) is 0 Å². The Bertz CT molecular complexity index is 853. The zero-order chi connectivity index (χ0) is 21.0. The maximum absolute atomic E-state index is 13.2. The van der Waals surface area contributed by atoms with Crippen molar-refractivity contribution in [2.45, 2.75) is 19.2 Å². The quantitative estimate of drug-likeness (QED) is 0.756. The van der Waals surface area contributed by atoms with Crippen molar-refractivity contribution >= 4 is 28.9 Å². The van der Waals surface area contributed by atoms with E-state index < -0.39 is 23.8 Å². The molecule has 1 amide bonds. The third-order valence-corrected chi connectivity index (χ3v) is 4.68. The lowest BCUT2D eigenvalue weighted by Gasteiger charge is -2.31. The lowest BCUT2D eigenvalue weighted by Crippen LogP contribution is -2.37. The maximum Gasteiger partial charge on any atom is 0.416 e. The van der Waals surface area contributed by atoms with Gasteiger partial charge in [-0.3, -0.25) is 4.79 Å². The van der Waals surface area contributed by atoms with Crippen molar-refractivity contribution in [3.05, 3.63) is 53.1 Å². The Morgan fingerprint density at radius 3 is 2.45 bits per heavy atom. The molecule has 29 heavy (non-hydrogen) atoms. The van der Waals surface area contributed by atoms with Crippen LogP contribution in [0.5, 0.6) is 5.75 Å². The highest BCUT2D eigenvalue weighted by atomic mass is 35.5. The van der Waals surface area contributed by atoms with Crippen LogP contribution in [0, 0.1) is 0 Å². The molecule has 2 aromatic carbocycles. The normalized spacial score (nSPS) is 15.7. The molecular formula is C20H20ClF3N2O3. The monoisotopic (exact) mass is 428 g/mol. The van der Waals surface area contributed by atoms with E-state index >= 15 is 0 Å². The summed E-state index contributed by atoms with van der Waals surface area (Å²) in [5.41, 5.74) is -0.247. The van der Waals surface area contributed by atoms with Crippen LogP contribution in [0.2, 0.25) is 5.02 Å². The SMILES string of the molecule is CC(Oc1ccc(Cl)cc1)C(=O)Nc1cc(C(F)(F)F)ccc1N1CCOCC1. The number of hydrogen-bond donors (Lipinski definition) is 1. The summed E-state index contributed by atoms with van der Waals surface area (Å²) in [6.07, 6.45) is -5.45. The van der Waals surface area contributed by atoms with Gasteiger partial charge in [-0.05, 0) is 49.4 Å². The molecule has 1 unspecified atom stereocenters. The number of nitrogens with zero attached hydrogens (tertiary/aromatic N) is 1. The van der Waals surface area contributed by atoms with E-state index in [0.29, 0.717) is 42.8 Å². The first-order valence-electron chi connectivity index (χ1n) is 9.01. The summed E-state index contributed by atoms with van der Waals surface area (Å²) < 4.78 is 50.4. The number of anilines is 2. The number of halogens is 4. The van der Waals surface area contributed by atoms with E-state index in [1.54, 1.807) is 24.3 Å². The van der Waals surface area contributed by atoms with Crippen LogP contribution in [0.15, 0.2) is 42.5 Å². The Morgan fingerprint density at radius 1 is 1.17 bits per heavy atom. The number of carbonyl (C=O) groups excluding carboxylic acids is 1. The van der Waals surface area contributed by atoms with Gasteiger partial charge in [0.05, 0.1) is 30.2 Å². The van der Waals surface area contributed by atoms with Gasteiger partial charge in [0.1, 0.15) is 5.75 Å². The molecule has 1 fully saturated rings. The van der Waals surface area contributed by atoms with Gasteiger partial charge < -0.3 is 19.7 Å². The Labute approximate surface area is 171 Å². The zero-order valence-corrected chi connectivity index (χ0v) is 16.4. The third kappa shape index (κ3) is 5.55. The second-order valence-electron chi connectivity index (χ2n) is 6.53. The first-order valence-corrected chi connectivity index (χ1v) is 9.39. The van der Waals surface area contributed by atoms with E-state index in [1.807, 2.05) is 4.90 Å². The summed E-state index contributed by atoms with van der Waals surface area (Å²) in [6.45, 7) is 3.48. The largest absolute Gasteiger partial charge is 0.481 e. The number of rotatable bonds is 5. The number of alkyl halides is 3. The molecule has 1 aliphatic rings. The first kappa shape index (κ1) is 21.3. The van der Waals surface area contributed by atoms with Crippen LogP contribution in [0.4, 0.5) is 24.5 Å². The summed E-state index contributed by atoms with van der Waals surface area (Å²) in [4.78, 5) is 14.5. The van der Waals surface area contributed by atoms with Crippen molar-refractivity contribution in [3.63, 3.8) is 0 Å². The standard InChI is InChI=1S/C20H20ClF3N2O3/c1-13(29-16-5-3-15(21)4-6-16)19(27)25-17-12-14(20(22,23)24)2-7-18(17)26-8-10-28-11-9-26/h2-7,12-13H,8-11H2,1H3,(H,25,27). The maximum atomic E-state index is 13.2. The zero-order valence-electron chi connectivity index (χ0n) is 15.6. The molecular weight excluding hydrogens is 409 g/mol. The van der Waals surface area contributed by atoms with Crippen LogP contribution in [-0.4, -0.2) is 38.3 Å². The minimum absolute atomic E-state index is 0.0817.